The van der Waals surface area contributed by atoms with E-state index in [1.54, 1.807) is 0 Å². The highest BCUT2D eigenvalue weighted by Crippen LogP contribution is 2.18. The molecule has 3 heteroatoms. The van der Waals surface area contributed by atoms with Crippen LogP contribution in [0.2, 0.25) is 0 Å². The highest BCUT2D eigenvalue weighted by Gasteiger charge is 2.01. The molecule has 2 aromatic carbocycles. The molecule has 15 heavy (non-hydrogen) atoms. The molecule has 4 N–H and O–H groups in total. The van der Waals surface area contributed by atoms with E-state index in [9.17, 15) is 4.79 Å². The maximum absolute atomic E-state index is 11.1. The second-order valence-electron chi connectivity index (χ2n) is 3.36. The predicted molar refractivity (Wildman–Crippen MR) is 60.3 cm³/mol. The zero-order valence-electron chi connectivity index (χ0n) is 8.36. The number of benzene rings is 2. The summed E-state index contributed by atoms with van der Waals surface area (Å²) in [7, 11) is 0. The van der Waals surface area contributed by atoms with Gasteiger partial charge in [-0.05, 0) is 22.9 Å². The lowest BCUT2D eigenvalue weighted by molar-refractivity contribution is -0.353. The van der Waals surface area contributed by atoms with Crippen LogP contribution < -0.4 is 11.1 Å². The van der Waals surface area contributed by atoms with Crippen LogP contribution in [0.25, 0.3) is 10.8 Å². The Balaban J connectivity index is 2.34. The Hall–Kier alpha value is -1.87. The Morgan fingerprint density at radius 2 is 1.87 bits per heavy atom. The quantitative estimate of drug-likeness (QED) is 0.748. The normalized spacial score (nSPS) is 10.2. The van der Waals surface area contributed by atoms with Crippen LogP contribution in [0.15, 0.2) is 42.5 Å². The highest BCUT2D eigenvalue weighted by atomic mass is 16.1. The van der Waals surface area contributed by atoms with Crippen LogP contribution >= 0.6 is 0 Å². The van der Waals surface area contributed by atoms with E-state index >= 15 is 0 Å². The van der Waals surface area contributed by atoms with Crippen molar-refractivity contribution < 1.29 is 10.5 Å². The van der Waals surface area contributed by atoms with Gasteiger partial charge in [0.05, 0.1) is 0 Å². The molecule has 0 radical (unpaired) electrons. The van der Waals surface area contributed by atoms with Crippen LogP contribution in [0.5, 0.6) is 0 Å². The number of hydrogen-bond acceptors (Lipinski definition) is 1. The molecule has 0 aliphatic carbocycles. The summed E-state index contributed by atoms with van der Waals surface area (Å²) in [6, 6.07) is 13.9. The van der Waals surface area contributed by atoms with Crippen LogP contribution in [-0.2, 0) is 4.79 Å². The van der Waals surface area contributed by atoms with Crippen LogP contribution in [0.1, 0.15) is 0 Å². The molecule has 0 aliphatic rings. The average Bonchev–Trinajstić information content (AvgIpc) is 2.29. The van der Waals surface area contributed by atoms with Crippen LogP contribution in [0.3, 0.4) is 0 Å². The fourth-order valence-electron chi connectivity index (χ4n) is 1.49. The van der Waals surface area contributed by atoms with E-state index in [1.165, 1.54) is 5.39 Å². The third-order valence-corrected chi connectivity index (χ3v) is 2.26. The monoisotopic (exact) mass is 201 g/mol. The van der Waals surface area contributed by atoms with Gasteiger partial charge in [0, 0.05) is 5.69 Å². The van der Waals surface area contributed by atoms with E-state index in [0.29, 0.717) is 0 Å². The van der Waals surface area contributed by atoms with Gasteiger partial charge in [-0.1, -0.05) is 30.3 Å². The van der Waals surface area contributed by atoms with Crippen LogP contribution in [0.4, 0.5) is 5.69 Å². The lowest BCUT2D eigenvalue weighted by atomic mass is 10.1. The standard InChI is InChI=1S/C12H12N2O/c13-8-12(15)14-11-6-5-9-3-1-2-4-10(9)7-11/h1-7H,8,13H2,(H,14,15)/p+1. The summed E-state index contributed by atoms with van der Waals surface area (Å²) in [5, 5.41) is 5.08. The zero-order chi connectivity index (χ0) is 10.7. The van der Waals surface area contributed by atoms with Crippen molar-refractivity contribution in [2.75, 3.05) is 11.9 Å². The minimum Gasteiger partial charge on any atom is -0.350 e. The Labute approximate surface area is 87.9 Å². The van der Waals surface area contributed by atoms with Crippen molar-refractivity contribution in [3.05, 3.63) is 42.5 Å². The number of fused-ring (bicyclic) bond motifs is 1. The molecule has 0 spiro atoms. The maximum atomic E-state index is 11.1. The summed E-state index contributed by atoms with van der Waals surface area (Å²) in [5.74, 6) is -0.0646. The van der Waals surface area contributed by atoms with E-state index in [2.05, 4.69) is 11.1 Å². The second kappa shape index (κ2) is 4.11. The van der Waals surface area contributed by atoms with Crippen molar-refractivity contribution in [3.63, 3.8) is 0 Å². The van der Waals surface area contributed by atoms with Crippen molar-refractivity contribution in [1.82, 2.24) is 0 Å². The summed E-state index contributed by atoms with van der Waals surface area (Å²) in [6.07, 6.45) is 0. The second-order valence-corrected chi connectivity index (χ2v) is 3.36. The van der Waals surface area contributed by atoms with Crippen molar-refractivity contribution in [2.24, 2.45) is 0 Å². The molecule has 0 heterocycles. The number of nitrogens with one attached hydrogen (secondary N) is 1. The number of amides is 1. The Morgan fingerprint density at radius 3 is 2.60 bits per heavy atom. The Bertz CT molecular complexity index is 494. The molecule has 0 bridgehead atoms. The molecule has 0 atom stereocenters. The maximum Gasteiger partial charge on any atom is 0.279 e. The summed E-state index contributed by atoms with van der Waals surface area (Å²) >= 11 is 0. The average molecular weight is 201 g/mol. The molecule has 2 aromatic rings. The summed E-state index contributed by atoms with van der Waals surface area (Å²) in [4.78, 5) is 11.1. The summed E-state index contributed by atoms with van der Waals surface area (Å²) in [6.45, 7) is 0.257. The molecule has 1 amide bonds. The van der Waals surface area contributed by atoms with Gasteiger partial charge in [0.15, 0.2) is 6.54 Å². The van der Waals surface area contributed by atoms with Gasteiger partial charge in [0.25, 0.3) is 5.91 Å². The van der Waals surface area contributed by atoms with E-state index in [1.807, 2.05) is 42.5 Å². The molecule has 0 unspecified atom stereocenters. The molecule has 0 aromatic heterocycles. The number of anilines is 1. The van der Waals surface area contributed by atoms with Crippen LogP contribution in [0, 0.1) is 0 Å². The summed E-state index contributed by atoms with van der Waals surface area (Å²) in [5.41, 5.74) is 4.35. The van der Waals surface area contributed by atoms with E-state index in [-0.39, 0.29) is 12.5 Å². The van der Waals surface area contributed by atoms with E-state index in [4.69, 9.17) is 0 Å². The molecule has 2 rings (SSSR count). The molecule has 0 fully saturated rings. The third-order valence-electron chi connectivity index (χ3n) is 2.26. The first-order valence-electron chi connectivity index (χ1n) is 4.87. The largest absolute Gasteiger partial charge is 0.350 e. The van der Waals surface area contributed by atoms with Gasteiger partial charge in [-0.2, -0.15) is 0 Å². The van der Waals surface area contributed by atoms with Gasteiger partial charge in [-0.25, -0.2) is 0 Å². The van der Waals surface area contributed by atoms with Crippen molar-refractivity contribution >= 4 is 22.4 Å². The number of hydrogen-bond donors (Lipinski definition) is 2. The fraction of sp³-hybridized carbons (Fsp3) is 0.0833. The van der Waals surface area contributed by atoms with Gasteiger partial charge in [-0.3, -0.25) is 4.79 Å². The van der Waals surface area contributed by atoms with Gasteiger partial charge >= 0.3 is 0 Å². The Morgan fingerprint density at radius 1 is 1.13 bits per heavy atom. The van der Waals surface area contributed by atoms with E-state index < -0.39 is 0 Å². The first-order chi connectivity index (χ1) is 7.29. The van der Waals surface area contributed by atoms with Gasteiger partial charge in [-0.15, -0.1) is 0 Å². The number of carbonyl (C=O) groups excluding carboxylic acids is 1. The predicted octanol–water partition coefficient (Wildman–Crippen LogP) is 1.02. The molecule has 3 nitrogen and oxygen atoms in total. The molecule has 0 saturated heterocycles. The number of carbonyl (C=O) groups is 1. The van der Waals surface area contributed by atoms with Crippen molar-refractivity contribution in [3.8, 4) is 0 Å². The number of quaternary nitrogens is 1. The van der Waals surface area contributed by atoms with Gasteiger partial charge < -0.3 is 11.1 Å². The molecular formula is C12H13N2O+. The molecule has 0 aliphatic heterocycles. The van der Waals surface area contributed by atoms with Gasteiger partial charge in [0.1, 0.15) is 0 Å². The lowest BCUT2D eigenvalue weighted by Gasteiger charge is -2.03. The lowest BCUT2D eigenvalue weighted by Crippen LogP contribution is -2.55. The molecular weight excluding hydrogens is 188 g/mol. The van der Waals surface area contributed by atoms with Crippen LogP contribution in [-0.4, -0.2) is 12.5 Å². The highest BCUT2D eigenvalue weighted by molar-refractivity contribution is 5.94. The topological polar surface area (TPSA) is 56.7 Å². The first kappa shape index (κ1) is 9.68. The Kier molecular flexibility index (Phi) is 2.65. The van der Waals surface area contributed by atoms with Crippen molar-refractivity contribution in [1.29, 1.82) is 0 Å². The minimum absolute atomic E-state index is 0.0646. The first-order valence-corrected chi connectivity index (χ1v) is 4.87. The SMILES string of the molecule is [NH3+]CC(=O)Nc1ccc2ccccc2c1. The minimum atomic E-state index is -0.0646. The van der Waals surface area contributed by atoms with Crippen molar-refractivity contribution in [2.45, 2.75) is 0 Å². The molecule has 76 valence electrons. The number of rotatable bonds is 2. The third kappa shape index (κ3) is 2.14. The van der Waals surface area contributed by atoms with Gasteiger partial charge in [0.2, 0.25) is 0 Å². The fourth-order valence-corrected chi connectivity index (χ4v) is 1.49. The smallest absolute Gasteiger partial charge is 0.279 e. The summed E-state index contributed by atoms with van der Waals surface area (Å²) < 4.78 is 0. The van der Waals surface area contributed by atoms with E-state index in [0.717, 1.165) is 11.1 Å². The zero-order valence-corrected chi connectivity index (χ0v) is 8.36. The molecule has 0 saturated carbocycles.